The summed E-state index contributed by atoms with van der Waals surface area (Å²) in [7, 11) is 0. The first-order chi connectivity index (χ1) is 7.08. The number of halogens is 1. The van der Waals surface area contributed by atoms with Crippen molar-refractivity contribution in [1.29, 1.82) is 0 Å². The maximum atomic E-state index is 11.7. The van der Waals surface area contributed by atoms with E-state index in [0.717, 1.165) is 37.0 Å². The first kappa shape index (κ1) is 9.93. The molecule has 0 aromatic rings. The Morgan fingerprint density at radius 1 is 1.47 bits per heavy atom. The van der Waals surface area contributed by atoms with Crippen molar-refractivity contribution in [3.63, 3.8) is 0 Å². The van der Waals surface area contributed by atoms with Crippen molar-refractivity contribution in [2.24, 2.45) is 0 Å². The van der Waals surface area contributed by atoms with Crippen LogP contribution in [0.1, 0.15) is 32.6 Å². The van der Waals surface area contributed by atoms with E-state index in [9.17, 15) is 4.79 Å². The highest BCUT2D eigenvalue weighted by atomic mass is 127. The molecule has 3 nitrogen and oxygen atoms in total. The third kappa shape index (κ3) is 1.40. The average molecular weight is 320 g/mol. The summed E-state index contributed by atoms with van der Waals surface area (Å²) in [6.45, 7) is 2.15. The molecule has 1 unspecified atom stereocenters. The van der Waals surface area contributed by atoms with Crippen molar-refractivity contribution in [3.05, 3.63) is 11.3 Å². The van der Waals surface area contributed by atoms with E-state index in [0.29, 0.717) is 3.92 Å². The van der Waals surface area contributed by atoms with E-state index >= 15 is 0 Å². The molecular weight excluding hydrogens is 307 g/mol. The number of esters is 1. The lowest BCUT2D eigenvalue weighted by Gasteiger charge is -2.39. The van der Waals surface area contributed by atoms with Gasteiger partial charge in [-0.2, -0.15) is 0 Å². The van der Waals surface area contributed by atoms with E-state index < -0.39 is 0 Å². The van der Waals surface area contributed by atoms with E-state index in [-0.39, 0.29) is 17.7 Å². The molecule has 3 aliphatic heterocycles. The summed E-state index contributed by atoms with van der Waals surface area (Å²) in [5.41, 5.74) is 0.687. The van der Waals surface area contributed by atoms with Crippen LogP contribution in [-0.4, -0.2) is 21.6 Å². The molecule has 3 bridgehead atoms. The number of rotatable bonds is 0. The number of ether oxygens (including phenoxy) is 2. The summed E-state index contributed by atoms with van der Waals surface area (Å²) < 4.78 is 11.8. The van der Waals surface area contributed by atoms with Gasteiger partial charge in [-0.1, -0.05) is 22.6 Å². The Morgan fingerprint density at radius 3 is 3.07 bits per heavy atom. The first-order valence-corrected chi connectivity index (χ1v) is 6.59. The van der Waals surface area contributed by atoms with Crippen molar-refractivity contribution in [2.45, 2.75) is 48.2 Å². The van der Waals surface area contributed by atoms with Gasteiger partial charge in [-0.25, -0.2) is 4.79 Å². The van der Waals surface area contributed by atoms with Crippen LogP contribution in [-0.2, 0) is 14.3 Å². The molecule has 0 aromatic heterocycles. The lowest BCUT2D eigenvalue weighted by Crippen LogP contribution is -2.42. The zero-order valence-electron chi connectivity index (χ0n) is 8.59. The molecule has 82 valence electrons. The van der Waals surface area contributed by atoms with Gasteiger partial charge in [-0.05, 0) is 26.2 Å². The molecule has 3 aliphatic rings. The molecular formula is C11H13IO3. The molecule has 0 radical (unpaired) electrons. The Balaban J connectivity index is 2.09. The number of fused-ring (bicyclic) bond motifs is 2. The second-order valence-corrected chi connectivity index (χ2v) is 6.26. The minimum absolute atomic E-state index is 0.0553. The van der Waals surface area contributed by atoms with E-state index in [2.05, 4.69) is 29.5 Å². The highest BCUT2D eigenvalue weighted by Gasteiger charge is 2.47. The van der Waals surface area contributed by atoms with Crippen molar-refractivity contribution < 1.29 is 14.3 Å². The number of carbonyl (C=O) groups is 1. The van der Waals surface area contributed by atoms with Gasteiger partial charge in [0.2, 0.25) is 0 Å². The van der Waals surface area contributed by atoms with Crippen molar-refractivity contribution in [2.75, 3.05) is 0 Å². The SMILES string of the molecule is C[C@]12CCC3CC(=C(C[C@@H]1I)C(=O)O3)O2. The summed E-state index contributed by atoms with van der Waals surface area (Å²) in [6.07, 6.45) is 3.56. The summed E-state index contributed by atoms with van der Waals surface area (Å²) in [5.74, 6) is 0.760. The Kier molecular flexibility index (Phi) is 2.06. The molecule has 0 spiro atoms. The fraction of sp³-hybridized carbons (Fsp3) is 0.727. The Hall–Kier alpha value is -0.260. The van der Waals surface area contributed by atoms with Gasteiger partial charge in [0.05, 0.1) is 9.50 Å². The molecule has 4 heteroatoms. The van der Waals surface area contributed by atoms with Crippen LogP contribution >= 0.6 is 22.6 Å². The maximum Gasteiger partial charge on any atom is 0.337 e. The molecule has 1 fully saturated rings. The van der Waals surface area contributed by atoms with E-state index in [1.54, 1.807) is 0 Å². The quantitative estimate of drug-likeness (QED) is 0.390. The van der Waals surface area contributed by atoms with Crippen LogP contribution in [0.4, 0.5) is 0 Å². The molecule has 1 saturated heterocycles. The minimum atomic E-state index is -0.146. The molecule has 15 heavy (non-hydrogen) atoms. The van der Waals surface area contributed by atoms with Crippen molar-refractivity contribution in [1.82, 2.24) is 0 Å². The topological polar surface area (TPSA) is 35.5 Å². The number of hydrogen-bond donors (Lipinski definition) is 0. The summed E-state index contributed by atoms with van der Waals surface area (Å²) in [4.78, 5) is 11.7. The van der Waals surface area contributed by atoms with E-state index in [4.69, 9.17) is 9.47 Å². The second kappa shape index (κ2) is 3.12. The zero-order valence-corrected chi connectivity index (χ0v) is 10.7. The standard InChI is InChI=1S/C11H13IO3/c1-11-3-2-6-4-8(15-11)7(5-9(11)12)10(13)14-6/h6,9H,2-5H2,1H3/t6?,9-,11-/m0/s1. The van der Waals surface area contributed by atoms with Crippen molar-refractivity contribution in [3.8, 4) is 0 Å². The van der Waals surface area contributed by atoms with Gasteiger partial charge in [-0.15, -0.1) is 0 Å². The van der Waals surface area contributed by atoms with Gasteiger partial charge in [-0.3, -0.25) is 0 Å². The first-order valence-electron chi connectivity index (χ1n) is 5.34. The molecule has 3 atom stereocenters. The van der Waals surface area contributed by atoms with Crippen LogP contribution in [0.5, 0.6) is 0 Å². The third-order valence-corrected chi connectivity index (χ3v) is 5.39. The molecule has 0 aliphatic carbocycles. The van der Waals surface area contributed by atoms with Gasteiger partial charge in [0, 0.05) is 6.42 Å². The molecule has 3 rings (SSSR count). The lowest BCUT2D eigenvalue weighted by atomic mass is 9.90. The average Bonchev–Trinajstić information content (AvgIpc) is 2.27. The Morgan fingerprint density at radius 2 is 2.27 bits per heavy atom. The highest BCUT2D eigenvalue weighted by molar-refractivity contribution is 14.1. The van der Waals surface area contributed by atoms with Crippen LogP contribution < -0.4 is 0 Å². The van der Waals surface area contributed by atoms with Gasteiger partial charge < -0.3 is 9.47 Å². The fourth-order valence-electron chi connectivity index (χ4n) is 2.57. The molecule has 3 heterocycles. The molecule has 0 N–H and O–H groups in total. The van der Waals surface area contributed by atoms with Crippen LogP contribution in [0.25, 0.3) is 0 Å². The van der Waals surface area contributed by atoms with Gasteiger partial charge >= 0.3 is 5.97 Å². The summed E-state index contributed by atoms with van der Waals surface area (Å²) in [6, 6.07) is 0. The smallest absolute Gasteiger partial charge is 0.337 e. The van der Waals surface area contributed by atoms with Gasteiger partial charge in [0.25, 0.3) is 0 Å². The number of hydrogen-bond acceptors (Lipinski definition) is 3. The van der Waals surface area contributed by atoms with E-state index in [1.807, 2.05) is 0 Å². The number of alkyl halides is 1. The van der Waals surface area contributed by atoms with Crippen LogP contribution in [0, 0.1) is 0 Å². The summed E-state index contributed by atoms with van der Waals surface area (Å²) in [5, 5.41) is 0. The fourth-order valence-corrected chi connectivity index (χ4v) is 3.44. The maximum absolute atomic E-state index is 11.7. The van der Waals surface area contributed by atoms with Crippen molar-refractivity contribution >= 4 is 28.6 Å². The van der Waals surface area contributed by atoms with Crippen LogP contribution in [0.15, 0.2) is 11.3 Å². The molecule has 0 saturated carbocycles. The molecule has 0 aromatic carbocycles. The molecule has 0 amide bonds. The zero-order chi connectivity index (χ0) is 10.6. The lowest BCUT2D eigenvalue weighted by molar-refractivity contribution is -0.147. The van der Waals surface area contributed by atoms with Crippen LogP contribution in [0.2, 0.25) is 0 Å². The largest absolute Gasteiger partial charge is 0.490 e. The van der Waals surface area contributed by atoms with Crippen LogP contribution in [0.3, 0.4) is 0 Å². The predicted molar refractivity (Wildman–Crippen MR) is 62.7 cm³/mol. The normalized spacial score (nSPS) is 43.5. The Bertz CT molecular complexity index is 363. The highest BCUT2D eigenvalue weighted by Crippen LogP contribution is 2.46. The minimum Gasteiger partial charge on any atom is -0.490 e. The second-order valence-electron chi connectivity index (χ2n) is 4.76. The summed E-state index contributed by atoms with van der Waals surface area (Å²) >= 11 is 2.40. The van der Waals surface area contributed by atoms with Gasteiger partial charge in [0.1, 0.15) is 17.5 Å². The van der Waals surface area contributed by atoms with Gasteiger partial charge in [0.15, 0.2) is 0 Å². The Labute approximate surface area is 102 Å². The van der Waals surface area contributed by atoms with E-state index in [1.165, 1.54) is 0 Å². The third-order valence-electron chi connectivity index (χ3n) is 3.63. The predicted octanol–water partition coefficient (Wildman–Crippen LogP) is 2.33. The monoisotopic (exact) mass is 320 g/mol. The number of carbonyl (C=O) groups excluding carboxylic acids is 1.